The quantitative estimate of drug-likeness (QED) is 0.875. The fourth-order valence-corrected chi connectivity index (χ4v) is 3.23. The van der Waals surface area contributed by atoms with Crippen LogP contribution in [0.1, 0.15) is 25.0 Å². The van der Waals surface area contributed by atoms with Gasteiger partial charge >= 0.3 is 5.63 Å². The highest BCUT2D eigenvalue weighted by Crippen LogP contribution is 2.24. The van der Waals surface area contributed by atoms with E-state index in [9.17, 15) is 4.79 Å². The number of benzene rings is 1. The SMILES string of the molecule is CCN[C@H](C)CN1CCc2c(c(=O)oc3ccccc23)C1. The smallest absolute Gasteiger partial charge is 0.341 e. The van der Waals surface area contributed by atoms with E-state index in [0.717, 1.165) is 37.0 Å². The standard InChI is InChI=1S/C17H22N2O2/c1-3-18-12(2)10-19-9-8-13-14-6-4-5-7-16(14)21-17(20)15(13)11-19/h4-7,12,18H,3,8-11H2,1-2H3/t12-/m1/s1. The van der Waals surface area contributed by atoms with Crippen molar-refractivity contribution in [1.29, 1.82) is 0 Å². The molecule has 3 rings (SSSR count). The van der Waals surface area contributed by atoms with Gasteiger partial charge in [0.2, 0.25) is 0 Å². The molecule has 1 aromatic carbocycles. The summed E-state index contributed by atoms with van der Waals surface area (Å²) in [5, 5.41) is 4.51. The Kier molecular flexibility index (Phi) is 4.08. The van der Waals surface area contributed by atoms with Gasteiger partial charge < -0.3 is 9.73 Å². The summed E-state index contributed by atoms with van der Waals surface area (Å²) in [6.07, 6.45) is 0.917. The number of rotatable bonds is 4. The van der Waals surface area contributed by atoms with Crippen molar-refractivity contribution in [3.63, 3.8) is 0 Å². The zero-order chi connectivity index (χ0) is 14.8. The summed E-state index contributed by atoms with van der Waals surface area (Å²) in [6, 6.07) is 8.27. The van der Waals surface area contributed by atoms with Crippen LogP contribution in [0.3, 0.4) is 0 Å². The molecule has 0 saturated carbocycles. The molecular weight excluding hydrogens is 264 g/mol. The third-order valence-corrected chi connectivity index (χ3v) is 4.17. The fourth-order valence-electron chi connectivity index (χ4n) is 3.23. The summed E-state index contributed by atoms with van der Waals surface area (Å²) in [5.74, 6) is 0. The number of para-hydroxylation sites is 1. The zero-order valence-corrected chi connectivity index (χ0v) is 12.7. The first-order chi connectivity index (χ1) is 10.2. The van der Waals surface area contributed by atoms with Gasteiger partial charge in [-0.15, -0.1) is 0 Å². The Morgan fingerprint density at radius 1 is 1.33 bits per heavy atom. The molecular formula is C17H22N2O2. The highest BCUT2D eigenvalue weighted by Gasteiger charge is 2.23. The first kappa shape index (κ1) is 14.3. The Balaban J connectivity index is 1.89. The van der Waals surface area contributed by atoms with E-state index in [1.165, 1.54) is 5.56 Å². The van der Waals surface area contributed by atoms with Gasteiger partial charge in [-0.05, 0) is 31.5 Å². The van der Waals surface area contributed by atoms with Crippen LogP contribution in [0.4, 0.5) is 0 Å². The second kappa shape index (κ2) is 6.00. The summed E-state index contributed by atoms with van der Waals surface area (Å²) in [6.45, 7) is 7.91. The van der Waals surface area contributed by atoms with Crippen LogP contribution in [0.25, 0.3) is 11.0 Å². The van der Waals surface area contributed by atoms with Crippen LogP contribution in [0.2, 0.25) is 0 Å². The minimum absolute atomic E-state index is 0.176. The van der Waals surface area contributed by atoms with E-state index in [-0.39, 0.29) is 5.63 Å². The molecule has 0 unspecified atom stereocenters. The third-order valence-electron chi connectivity index (χ3n) is 4.17. The Labute approximate surface area is 124 Å². The van der Waals surface area contributed by atoms with Crippen LogP contribution in [0.5, 0.6) is 0 Å². The van der Waals surface area contributed by atoms with Crippen LogP contribution in [0, 0.1) is 0 Å². The van der Waals surface area contributed by atoms with Gasteiger partial charge in [0.1, 0.15) is 5.58 Å². The number of fused-ring (bicyclic) bond motifs is 3. The van der Waals surface area contributed by atoms with E-state index in [2.05, 4.69) is 24.1 Å². The van der Waals surface area contributed by atoms with Crippen LogP contribution in [0.15, 0.2) is 33.5 Å². The summed E-state index contributed by atoms with van der Waals surface area (Å²) in [7, 11) is 0. The van der Waals surface area contributed by atoms with Crippen molar-refractivity contribution in [3.05, 3.63) is 45.8 Å². The molecule has 2 aromatic rings. The number of hydrogen-bond donors (Lipinski definition) is 1. The molecule has 112 valence electrons. The normalized spacial score (nSPS) is 16.9. The van der Waals surface area contributed by atoms with E-state index >= 15 is 0 Å². The topological polar surface area (TPSA) is 45.5 Å². The van der Waals surface area contributed by atoms with E-state index < -0.39 is 0 Å². The molecule has 0 bridgehead atoms. The Hall–Kier alpha value is -1.65. The van der Waals surface area contributed by atoms with Crippen molar-refractivity contribution >= 4 is 11.0 Å². The molecule has 0 fully saturated rings. The first-order valence-electron chi connectivity index (χ1n) is 7.68. The van der Waals surface area contributed by atoms with Crippen molar-refractivity contribution in [1.82, 2.24) is 10.2 Å². The van der Waals surface area contributed by atoms with E-state index in [4.69, 9.17) is 4.42 Å². The predicted octanol–water partition coefficient (Wildman–Crippen LogP) is 2.15. The largest absolute Gasteiger partial charge is 0.422 e. The lowest BCUT2D eigenvalue weighted by Gasteiger charge is -2.30. The Bertz CT molecular complexity index is 693. The van der Waals surface area contributed by atoms with Crippen molar-refractivity contribution in [2.45, 2.75) is 32.9 Å². The molecule has 0 spiro atoms. The van der Waals surface area contributed by atoms with Gasteiger partial charge in [-0.1, -0.05) is 25.1 Å². The van der Waals surface area contributed by atoms with Crippen molar-refractivity contribution < 1.29 is 4.42 Å². The van der Waals surface area contributed by atoms with Gasteiger partial charge in [-0.25, -0.2) is 4.79 Å². The zero-order valence-electron chi connectivity index (χ0n) is 12.7. The van der Waals surface area contributed by atoms with Crippen molar-refractivity contribution in [2.75, 3.05) is 19.6 Å². The van der Waals surface area contributed by atoms with Gasteiger partial charge in [0, 0.05) is 31.1 Å². The maximum Gasteiger partial charge on any atom is 0.341 e. The van der Waals surface area contributed by atoms with Gasteiger partial charge in [0.25, 0.3) is 0 Å². The van der Waals surface area contributed by atoms with Crippen LogP contribution >= 0.6 is 0 Å². The highest BCUT2D eigenvalue weighted by atomic mass is 16.4. The van der Waals surface area contributed by atoms with Crippen molar-refractivity contribution in [3.8, 4) is 0 Å². The molecule has 0 saturated heterocycles. The Morgan fingerprint density at radius 3 is 2.95 bits per heavy atom. The lowest BCUT2D eigenvalue weighted by atomic mass is 9.97. The Morgan fingerprint density at radius 2 is 2.14 bits per heavy atom. The lowest BCUT2D eigenvalue weighted by molar-refractivity contribution is 0.227. The van der Waals surface area contributed by atoms with Gasteiger partial charge in [0.05, 0.1) is 5.56 Å². The summed E-state index contributed by atoms with van der Waals surface area (Å²) >= 11 is 0. The molecule has 1 N–H and O–H groups in total. The molecule has 0 amide bonds. The summed E-state index contributed by atoms with van der Waals surface area (Å²) < 4.78 is 5.46. The minimum atomic E-state index is -0.176. The lowest BCUT2D eigenvalue weighted by Crippen LogP contribution is -2.42. The molecule has 4 nitrogen and oxygen atoms in total. The highest BCUT2D eigenvalue weighted by molar-refractivity contribution is 5.81. The molecule has 0 aliphatic carbocycles. The molecule has 1 atom stereocenters. The summed E-state index contributed by atoms with van der Waals surface area (Å²) in [5.41, 5.74) is 2.54. The van der Waals surface area contributed by atoms with E-state index in [1.807, 2.05) is 24.3 Å². The van der Waals surface area contributed by atoms with Gasteiger partial charge in [-0.3, -0.25) is 4.90 Å². The van der Waals surface area contributed by atoms with Crippen LogP contribution in [-0.4, -0.2) is 30.6 Å². The first-order valence-corrected chi connectivity index (χ1v) is 7.68. The van der Waals surface area contributed by atoms with E-state index in [1.54, 1.807) is 0 Å². The second-order valence-corrected chi connectivity index (χ2v) is 5.79. The van der Waals surface area contributed by atoms with Crippen LogP contribution in [-0.2, 0) is 13.0 Å². The maximum atomic E-state index is 12.2. The number of nitrogens with zero attached hydrogens (tertiary/aromatic N) is 1. The molecule has 2 heterocycles. The molecule has 1 aliphatic heterocycles. The molecule has 0 radical (unpaired) electrons. The molecule has 4 heteroatoms. The van der Waals surface area contributed by atoms with E-state index in [0.29, 0.717) is 18.2 Å². The summed E-state index contributed by atoms with van der Waals surface area (Å²) in [4.78, 5) is 14.6. The second-order valence-electron chi connectivity index (χ2n) is 5.79. The predicted molar refractivity (Wildman–Crippen MR) is 84.6 cm³/mol. The fraction of sp³-hybridized carbons (Fsp3) is 0.471. The maximum absolute atomic E-state index is 12.2. The van der Waals surface area contributed by atoms with Gasteiger partial charge in [0.15, 0.2) is 0 Å². The van der Waals surface area contributed by atoms with Gasteiger partial charge in [-0.2, -0.15) is 0 Å². The molecule has 21 heavy (non-hydrogen) atoms. The number of hydrogen-bond acceptors (Lipinski definition) is 4. The number of nitrogens with one attached hydrogen (secondary N) is 1. The van der Waals surface area contributed by atoms with Crippen LogP contribution < -0.4 is 10.9 Å². The third kappa shape index (κ3) is 2.87. The molecule has 1 aromatic heterocycles. The average molecular weight is 286 g/mol. The monoisotopic (exact) mass is 286 g/mol. The minimum Gasteiger partial charge on any atom is -0.422 e. The average Bonchev–Trinajstić information content (AvgIpc) is 2.48. The molecule has 1 aliphatic rings. The van der Waals surface area contributed by atoms with Crippen molar-refractivity contribution in [2.24, 2.45) is 0 Å². The number of likely N-dealkylation sites (N-methyl/N-ethyl adjacent to an activating group) is 1.